The van der Waals surface area contributed by atoms with E-state index >= 15 is 0 Å². The molecule has 0 amide bonds. The van der Waals surface area contributed by atoms with Gasteiger partial charge in [0.1, 0.15) is 53.9 Å². The van der Waals surface area contributed by atoms with Crippen LogP contribution in [0.25, 0.3) is 0 Å². The van der Waals surface area contributed by atoms with Crippen LogP contribution in [0, 0.1) is 5.92 Å². The van der Waals surface area contributed by atoms with Crippen molar-refractivity contribution < 1.29 is 59.5 Å². The van der Waals surface area contributed by atoms with Crippen molar-refractivity contribution in [3.05, 3.63) is 0 Å². The van der Waals surface area contributed by atoms with Crippen LogP contribution >= 0.6 is 0 Å². The minimum absolute atomic E-state index is 0.0499. The summed E-state index contributed by atoms with van der Waals surface area (Å²) in [6, 6.07) is -2.10. The first-order valence-electron chi connectivity index (χ1n) is 15.7. The van der Waals surface area contributed by atoms with Gasteiger partial charge < -0.3 is 82.5 Å². The molecule has 17 heteroatoms. The molecule has 2 heterocycles. The molecule has 45 heavy (non-hydrogen) atoms. The van der Waals surface area contributed by atoms with Crippen LogP contribution in [0.15, 0.2) is 0 Å². The largest absolute Gasteiger partial charge is 0.388 e. The van der Waals surface area contributed by atoms with Gasteiger partial charge in [-0.05, 0) is 58.7 Å². The van der Waals surface area contributed by atoms with Gasteiger partial charge >= 0.3 is 0 Å². The second-order valence-electron chi connectivity index (χ2n) is 13.3. The summed E-state index contributed by atoms with van der Waals surface area (Å²) in [7, 11) is 1.55. The molecular formula is C28H53N5O12. The fraction of sp³-hybridized carbons (Fsp3) is 0.964. The second kappa shape index (κ2) is 15.1. The van der Waals surface area contributed by atoms with Crippen molar-refractivity contribution in [2.24, 2.45) is 23.1 Å². The quantitative estimate of drug-likeness (QED) is 0.0825. The fourth-order valence-electron chi connectivity index (χ4n) is 6.92. The molecule has 0 radical (unpaired) electrons. The Bertz CT molecular complexity index is 976. The number of rotatable bonds is 13. The van der Waals surface area contributed by atoms with Gasteiger partial charge in [0.05, 0.1) is 18.8 Å². The topological polar surface area (TPSA) is 298 Å². The van der Waals surface area contributed by atoms with Gasteiger partial charge in [-0.15, -0.1) is 0 Å². The molecule has 0 bridgehead atoms. The molecule has 0 spiro atoms. The Morgan fingerprint density at radius 1 is 0.956 bits per heavy atom. The summed E-state index contributed by atoms with van der Waals surface area (Å²) in [4.78, 5) is 13.2. The van der Waals surface area contributed by atoms with E-state index in [0.717, 1.165) is 0 Å². The van der Waals surface area contributed by atoms with Gasteiger partial charge in [0.15, 0.2) is 18.4 Å². The van der Waals surface area contributed by atoms with Crippen LogP contribution in [0.5, 0.6) is 0 Å². The lowest BCUT2D eigenvalue weighted by molar-refractivity contribution is -0.333. The van der Waals surface area contributed by atoms with Crippen molar-refractivity contribution in [1.29, 1.82) is 0 Å². The number of aliphatic hydroxyl groups is 7. The monoisotopic (exact) mass is 651 g/mol. The van der Waals surface area contributed by atoms with Gasteiger partial charge in [0.25, 0.3) is 0 Å². The Labute approximate surface area is 262 Å². The first-order valence-corrected chi connectivity index (χ1v) is 15.7. The van der Waals surface area contributed by atoms with Crippen molar-refractivity contribution in [3.8, 4) is 0 Å². The molecule has 15 N–H and O–H groups in total. The number of ether oxygens (including phenoxy) is 4. The zero-order valence-corrected chi connectivity index (χ0v) is 25.9. The van der Waals surface area contributed by atoms with Crippen molar-refractivity contribution in [2.75, 3.05) is 33.3 Å². The molecule has 2 saturated carbocycles. The van der Waals surface area contributed by atoms with Crippen LogP contribution in [0.1, 0.15) is 39.0 Å². The van der Waals surface area contributed by atoms with E-state index in [1.165, 1.54) is 6.92 Å². The van der Waals surface area contributed by atoms with E-state index in [9.17, 15) is 40.5 Å². The number of carbonyl (C=O) groups is 1. The minimum atomic E-state index is -1.70. The second-order valence-corrected chi connectivity index (χ2v) is 13.3. The molecule has 2 saturated heterocycles. The van der Waals surface area contributed by atoms with E-state index in [4.69, 9.17) is 36.1 Å². The van der Waals surface area contributed by atoms with E-state index in [0.29, 0.717) is 19.5 Å². The van der Waals surface area contributed by atoms with Crippen LogP contribution in [-0.4, -0.2) is 166 Å². The third-order valence-electron chi connectivity index (χ3n) is 9.60. The molecule has 17 nitrogen and oxygen atoms in total. The van der Waals surface area contributed by atoms with Crippen molar-refractivity contribution >= 4 is 5.78 Å². The summed E-state index contributed by atoms with van der Waals surface area (Å²) in [5.74, 6) is -1.26. The highest BCUT2D eigenvalue weighted by Gasteiger charge is 2.54. The molecule has 1 unspecified atom stereocenters. The normalized spacial score (nSPS) is 49.0. The Kier molecular flexibility index (Phi) is 12.3. The smallest absolute Gasteiger partial charge is 0.187 e. The van der Waals surface area contributed by atoms with Crippen LogP contribution in [0.2, 0.25) is 0 Å². The maximum atomic E-state index is 13.2. The minimum Gasteiger partial charge on any atom is -0.388 e. The Morgan fingerprint density at radius 3 is 2.24 bits per heavy atom. The van der Waals surface area contributed by atoms with Crippen LogP contribution < -0.4 is 27.8 Å². The number of hydrogen-bond acceptors (Lipinski definition) is 17. The van der Waals surface area contributed by atoms with Gasteiger partial charge in [-0.2, -0.15) is 0 Å². The Balaban J connectivity index is 1.53. The third-order valence-corrected chi connectivity index (χ3v) is 9.60. The molecule has 2 aliphatic carbocycles. The molecule has 2 aliphatic heterocycles. The molecule has 4 aliphatic rings. The van der Waals surface area contributed by atoms with E-state index in [2.05, 4.69) is 10.6 Å². The lowest BCUT2D eigenvalue weighted by Gasteiger charge is -2.50. The van der Waals surface area contributed by atoms with Crippen molar-refractivity contribution in [3.63, 3.8) is 0 Å². The predicted octanol–water partition coefficient (Wildman–Crippen LogP) is -5.92. The van der Waals surface area contributed by atoms with Crippen molar-refractivity contribution in [1.82, 2.24) is 10.6 Å². The summed E-state index contributed by atoms with van der Waals surface area (Å²) in [5, 5.41) is 81.7. The molecule has 4 rings (SSSR count). The standard InChI is InChI=1S/C28H53N5O12/c1-27(40)11-42-25(21(39)24(27)32-2)44-22-12(7-16(34)28(41)8-13(30)9-28)6-14(31)23(20(22)38)45-26-19(37)18(36)17(35)15(43-26)10-33-5-3-4-29/h12-15,17-26,32-33,35-41H,3-11,29-31H2,1-2H3/t12-,13?,14-,15+,17+,18-,19+,20+,21+,22-,23?,24+,25+,26+,27-,28?/m0/s1. The summed E-state index contributed by atoms with van der Waals surface area (Å²) >= 11 is 0. The first kappa shape index (κ1) is 36.9. The molecule has 0 aromatic rings. The highest BCUT2D eigenvalue weighted by Crippen LogP contribution is 2.39. The summed E-state index contributed by atoms with van der Waals surface area (Å²) in [6.45, 7) is 2.36. The molecule has 14 atom stereocenters. The molecule has 0 aromatic carbocycles. The van der Waals surface area contributed by atoms with Crippen LogP contribution in [-0.2, 0) is 23.7 Å². The maximum absolute atomic E-state index is 13.2. The molecular weight excluding hydrogens is 598 g/mol. The fourth-order valence-corrected chi connectivity index (χ4v) is 6.92. The van der Waals surface area contributed by atoms with Gasteiger partial charge in [-0.1, -0.05) is 0 Å². The maximum Gasteiger partial charge on any atom is 0.187 e. The van der Waals surface area contributed by atoms with E-state index in [1.807, 2.05) is 0 Å². The Hall–Kier alpha value is -0.970. The van der Waals surface area contributed by atoms with Gasteiger partial charge in [0, 0.05) is 25.0 Å². The number of nitrogens with one attached hydrogen (secondary N) is 2. The van der Waals surface area contributed by atoms with Gasteiger partial charge in [-0.3, -0.25) is 4.79 Å². The molecule has 0 aromatic heterocycles. The SMILES string of the molecule is CN[C@@H]1[C@@H](O)[C@@H](O[C@H]2[C@H](CC(=O)C3(O)CC(N)C3)C[C@H](N)C(O[C@H]3O[C@H](CNCCCN)[C@@H](O)[C@H](O)[C@H]3O)[C@@H]2O)OC[C@]1(C)O. The first-order chi connectivity index (χ1) is 21.1. The number of nitrogens with two attached hydrogens (primary N) is 3. The molecule has 262 valence electrons. The summed E-state index contributed by atoms with van der Waals surface area (Å²) in [5.41, 5.74) is 14.7. The van der Waals surface area contributed by atoms with Crippen LogP contribution in [0.3, 0.4) is 0 Å². The molecule has 4 fully saturated rings. The zero-order chi connectivity index (χ0) is 33.3. The number of hydrogen-bond donors (Lipinski definition) is 12. The van der Waals surface area contributed by atoms with E-state index < -0.39 is 96.4 Å². The highest BCUT2D eigenvalue weighted by atomic mass is 16.7. The zero-order valence-electron chi connectivity index (χ0n) is 25.9. The Morgan fingerprint density at radius 2 is 1.62 bits per heavy atom. The van der Waals surface area contributed by atoms with Gasteiger partial charge in [0.2, 0.25) is 0 Å². The third kappa shape index (κ3) is 8.02. The lowest BCUT2D eigenvalue weighted by atomic mass is 9.69. The summed E-state index contributed by atoms with van der Waals surface area (Å²) in [6.07, 6.45) is -13.4. The average Bonchev–Trinajstić information content (AvgIpc) is 2.96. The van der Waals surface area contributed by atoms with Gasteiger partial charge in [-0.25, -0.2) is 0 Å². The average molecular weight is 652 g/mol. The van der Waals surface area contributed by atoms with Crippen LogP contribution in [0.4, 0.5) is 0 Å². The number of ketones is 1. The number of likely N-dealkylation sites (N-methyl/N-ethyl adjacent to an activating group) is 1. The number of carbonyl (C=O) groups excluding carboxylic acids is 1. The highest BCUT2D eigenvalue weighted by molar-refractivity contribution is 5.88. The number of aliphatic hydroxyl groups excluding tert-OH is 5. The predicted molar refractivity (Wildman–Crippen MR) is 156 cm³/mol. The van der Waals surface area contributed by atoms with E-state index in [1.54, 1.807) is 7.05 Å². The summed E-state index contributed by atoms with van der Waals surface area (Å²) < 4.78 is 23.6. The van der Waals surface area contributed by atoms with Crippen molar-refractivity contribution in [2.45, 2.75) is 130 Å². The lowest BCUT2D eigenvalue weighted by Crippen LogP contribution is -2.68. The number of Topliss-reactive ketones (excluding diaryl/α,β-unsaturated/α-hetero) is 1. The van der Waals surface area contributed by atoms with E-state index in [-0.39, 0.29) is 44.9 Å².